The molecule has 0 atom stereocenters. The van der Waals surface area contributed by atoms with Crippen LogP contribution in [0.5, 0.6) is 5.75 Å². The van der Waals surface area contributed by atoms with Crippen molar-refractivity contribution in [3.63, 3.8) is 0 Å². The number of aryl methyl sites for hydroxylation is 1. The summed E-state index contributed by atoms with van der Waals surface area (Å²) in [6.07, 6.45) is -4.68. The summed E-state index contributed by atoms with van der Waals surface area (Å²) in [4.78, 5) is 10.6. The summed E-state index contributed by atoms with van der Waals surface area (Å²) < 4.78 is 43.6. The molecule has 0 aromatic heterocycles. The van der Waals surface area contributed by atoms with Crippen LogP contribution in [0.3, 0.4) is 0 Å². The van der Waals surface area contributed by atoms with Crippen molar-refractivity contribution in [2.45, 2.75) is 13.3 Å². The molecule has 0 radical (unpaired) electrons. The molecule has 0 amide bonds. The lowest BCUT2D eigenvalue weighted by Crippen LogP contribution is -2.18. The first-order valence-corrected chi connectivity index (χ1v) is 4.97. The summed E-state index contributed by atoms with van der Waals surface area (Å²) in [5.41, 5.74) is 0.619. The normalized spacial score (nSPS) is 11.3. The predicted molar refractivity (Wildman–Crippen MR) is 55.6 cm³/mol. The second-order valence-electron chi connectivity index (χ2n) is 3.43. The summed E-state index contributed by atoms with van der Waals surface area (Å²) in [6, 6.07) is 4.09. The van der Waals surface area contributed by atoms with Crippen LogP contribution in [0.1, 0.15) is 15.9 Å². The Morgan fingerprint density at radius 1 is 1.33 bits per heavy atom. The topological polar surface area (TPSA) is 55.8 Å². The zero-order valence-corrected chi connectivity index (χ0v) is 9.45. The molecule has 0 aliphatic heterocycles. The monoisotopic (exact) mass is 264 g/mol. The van der Waals surface area contributed by atoms with Gasteiger partial charge in [-0.1, -0.05) is 0 Å². The van der Waals surface area contributed by atoms with Crippen molar-refractivity contribution in [1.82, 2.24) is 0 Å². The van der Waals surface area contributed by atoms with E-state index in [-0.39, 0.29) is 12.2 Å². The van der Waals surface area contributed by atoms with Gasteiger partial charge in [0, 0.05) is 0 Å². The van der Waals surface area contributed by atoms with Gasteiger partial charge >= 0.3 is 12.3 Å². The number of alkyl halides is 3. The quantitative estimate of drug-likeness (QED) is 0.830. The number of ether oxygens (including phenoxy) is 2. The largest absolute Gasteiger partial charge is 0.522 e. The average molecular weight is 264 g/mol. The predicted octanol–water partition coefficient (Wildman–Crippen LogP) is 2.61. The van der Waals surface area contributed by atoms with E-state index in [1.807, 2.05) is 0 Å². The first-order chi connectivity index (χ1) is 8.29. The lowest BCUT2D eigenvalue weighted by atomic mass is 10.1. The van der Waals surface area contributed by atoms with E-state index in [9.17, 15) is 18.0 Å². The highest BCUT2D eigenvalue weighted by atomic mass is 19.4. The second-order valence-corrected chi connectivity index (χ2v) is 3.43. The fourth-order valence-corrected chi connectivity index (χ4v) is 1.25. The van der Waals surface area contributed by atoms with E-state index >= 15 is 0 Å². The molecule has 0 spiro atoms. The molecule has 0 fully saturated rings. The van der Waals surface area contributed by atoms with E-state index in [4.69, 9.17) is 9.84 Å². The van der Waals surface area contributed by atoms with Crippen molar-refractivity contribution in [3.05, 3.63) is 29.3 Å². The molecule has 18 heavy (non-hydrogen) atoms. The molecule has 1 N–H and O–H groups in total. The number of hydrogen-bond donors (Lipinski definition) is 1. The summed E-state index contributed by atoms with van der Waals surface area (Å²) >= 11 is 0. The van der Waals surface area contributed by atoms with Gasteiger partial charge in [-0.25, -0.2) is 4.79 Å². The van der Waals surface area contributed by atoms with Crippen molar-refractivity contribution in [3.8, 4) is 5.75 Å². The molecular weight excluding hydrogens is 253 g/mol. The molecular formula is C11H11F3O4. The molecule has 0 heterocycles. The van der Waals surface area contributed by atoms with Crippen LogP contribution < -0.4 is 4.74 Å². The molecule has 0 saturated heterocycles. The van der Waals surface area contributed by atoms with Crippen LogP contribution in [0.4, 0.5) is 13.2 Å². The smallest absolute Gasteiger partial charge is 0.491 e. The van der Waals surface area contributed by atoms with E-state index in [1.54, 1.807) is 6.92 Å². The number of aromatic carboxylic acids is 1. The third-order valence-corrected chi connectivity index (χ3v) is 2.03. The first kappa shape index (κ1) is 14.3. The zero-order valence-electron chi connectivity index (χ0n) is 9.45. The van der Waals surface area contributed by atoms with Crippen LogP contribution in [-0.4, -0.2) is 30.7 Å². The number of hydrogen-bond acceptors (Lipinski definition) is 3. The summed E-state index contributed by atoms with van der Waals surface area (Å²) in [6.45, 7) is 0.711. The van der Waals surface area contributed by atoms with Gasteiger partial charge in [0.2, 0.25) is 0 Å². The Labute approximate surface area is 101 Å². The minimum Gasteiger partial charge on any atom is -0.491 e. The molecule has 7 heteroatoms. The van der Waals surface area contributed by atoms with Crippen molar-refractivity contribution < 1.29 is 32.5 Å². The molecule has 0 bridgehead atoms. The van der Waals surface area contributed by atoms with E-state index in [0.29, 0.717) is 11.3 Å². The maximum absolute atomic E-state index is 11.7. The molecule has 1 rings (SSSR count). The van der Waals surface area contributed by atoms with E-state index in [0.717, 1.165) is 0 Å². The number of halogens is 3. The van der Waals surface area contributed by atoms with Crippen molar-refractivity contribution in [2.75, 3.05) is 13.2 Å². The van der Waals surface area contributed by atoms with E-state index in [2.05, 4.69) is 4.74 Å². The van der Waals surface area contributed by atoms with Gasteiger partial charge in [0.15, 0.2) is 0 Å². The molecule has 100 valence electrons. The number of benzene rings is 1. The van der Waals surface area contributed by atoms with Crippen LogP contribution in [-0.2, 0) is 4.74 Å². The Kier molecular flexibility index (Phi) is 4.55. The highest BCUT2D eigenvalue weighted by molar-refractivity contribution is 5.88. The van der Waals surface area contributed by atoms with Crippen LogP contribution >= 0.6 is 0 Å². The fraction of sp³-hybridized carbons (Fsp3) is 0.364. The molecule has 0 unspecified atom stereocenters. The summed E-state index contributed by atoms with van der Waals surface area (Å²) in [7, 11) is 0. The van der Waals surface area contributed by atoms with Gasteiger partial charge in [0.1, 0.15) is 12.4 Å². The Morgan fingerprint density at radius 2 is 2.00 bits per heavy atom. The Bertz CT molecular complexity index is 429. The Balaban J connectivity index is 2.51. The van der Waals surface area contributed by atoms with Gasteiger partial charge in [0.05, 0.1) is 12.2 Å². The van der Waals surface area contributed by atoms with Crippen LogP contribution in [0.2, 0.25) is 0 Å². The minimum absolute atomic E-state index is 0.0893. The number of carbonyl (C=O) groups is 1. The highest BCUT2D eigenvalue weighted by Crippen LogP contribution is 2.20. The lowest BCUT2D eigenvalue weighted by Gasteiger charge is -2.11. The number of carboxylic acid groups (broad SMARTS) is 1. The molecule has 0 saturated carbocycles. The van der Waals surface area contributed by atoms with Gasteiger partial charge in [-0.05, 0) is 30.7 Å². The van der Waals surface area contributed by atoms with E-state index < -0.39 is 18.9 Å². The van der Waals surface area contributed by atoms with E-state index in [1.165, 1.54) is 18.2 Å². The third-order valence-electron chi connectivity index (χ3n) is 2.03. The fourth-order valence-electron chi connectivity index (χ4n) is 1.25. The highest BCUT2D eigenvalue weighted by Gasteiger charge is 2.28. The van der Waals surface area contributed by atoms with Crippen molar-refractivity contribution in [1.29, 1.82) is 0 Å². The van der Waals surface area contributed by atoms with Gasteiger partial charge in [-0.2, -0.15) is 0 Å². The SMILES string of the molecule is Cc1cc(C(=O)O)ccc1OCCOC(F)(F)F. The molecule has 1 aromatic carbocycles. The molecule has 4 nitrogen and oxygen atoms in total. The molecule has 0 aliphatic rings. The van der Waals surface area contributed by atoms with Crippen LogP contribution in [0.25, 0.3) is 0 Å². The summed E-state index contributed by atoms with van der Waals surface area (Å²) in [5.74, 6) is -0.754. The van der Waals surface area contributed by atoms with Crippen LogP contribution in [0, 0.1) is 6.92 Å². The second kappa shape index (κ2) is 5.72. The van der Waals surface area contributed by atoms with Gasteiger partial charge < -0.3 is 9.84 Å². The van der Waals surface area contributed by atoms with Gasteiger partial charge in [0.25, 0.3) is 0 Å². The van der Waals surface area contributed by atoms with Crippen molar-refractivity contribution in [2.24, 2.45) is 0 Å². The Hall–Kier alpha value is -1.76. The van der Waals surface area contributed by atoms with Crippen LogP contribution in [0.15, 0.2) is 18.2 Å². The minimum atomic E-state index is -4.68. The zero-order chi connectivity index (χ0) is 13.8. The van der Waals surface area contributed by atoms with Gasteiger partial charge in [-0.15, -0.1) is 13.2 Å². The molecule has 1 aromatic rings. The lowest BCUT2D eigenvalue weighted by molar-refractivity contribution is -0.325. The van der Waals surface area contributed by atoms with Gasteiger partial charge in [-0.3, -0.25) is 4.74 Å². The first-order valence-electron chi connectivity index (χ1n) is 4.97. The maximum Gasteiger partial charge on any atom is 0.522 e. The maximum atomic E-state index is 11.7. The standard InChI is InChI=1S/C11H11F3O4/c1-7-6-8(10(15)16)2-3-9(7)17-4-5-18-11(12,13)14/h2-3,6H,4-5H2,1H3,(H,15,16). The molecule has 0 aliphatic carbocycles. The number of carboxylic acids is 1. The Morgan fingerprint density at radius 3 is 2.50 bits per heavy atom. The summed E-state index contributed by atoms with van der Waals surface area (Å²) in [5, 5.41) is 8.72. The van der Waals surface area contributed by atoms with Crippen molar-refractivity contribution >= 4 is 5.97 Å². The third kappa shape index (κ3) is 4.62. The number of rotatable bonds is 5. The average Bonchev–Trinajstić information content (AvgIpc) is 2.24.